The molecule has 0 bridgehead atoms. The number of ether oxygens (including phenoxy) is 1. The third kappa shape index (κ3) is 11.2. The maximum Gasteiger partial charge on any atom is 0.174 e. The van der Waals surface area contributed by atoms with E-state index < -0.39 is 5.92 Å². The van der Waals surface area contributed by atoms with E-state index >= 15 is 0 Å². The van der Waals surface area contributed by atoms with Crippen LogP contribution in [0, 0.1) is 5.92 Å². The van der Waals surface area contributed by atoms with Crippen LogP contribution in [0.5, 0.6) is 0 Å². The molecule has 0 aromatic heterocycles. The van der Waals surface area contributed by atoms with E-state index in [0.717, 1.165) is 10.1 Å². The number of Topliss-reactive ketones (excluding diaryl/α,β-unsaturated/α-hetero) is 1. The van der Waals surface area contributed by atoms with Gasteiger partial charge in [-0.3, -0.25) is 9.79 Å². The highest BCUT2D eigenvalue weighted by Crippen LogP contribution is 2.15. The summed E-state index contributed by atoms with van der Waals surface area (Å²) in [4.78, 5) is 26.8. The fourth-order valence-corrected chi connectivity index (χ4v) is 1.29. The molecule has 136 valence electrons. The molecule has 0 aliphatic heterocycles. The third-order valence-electron chi connectivity index (χ3n) is 3.11. The van der Waals surface area contributed by atoms with Crippen molar-refractivity contribution in [3.8, 4) is 0 Å². The van der Waals surface area contributed by atoms with E-state index in [2.05, 4.69) is 27.5 Å². The Morgan fingerprint density at radius 2 is 1.67 bits per heavy atom. The summed E-state index contributed by atoms with van der Waals surface area (Å²) in [6.45, 7) is 15.0. The normalized spacial score (nSPS) is 14.5. The molecule has 0 amide bonds. The summed E-state index contributed by atoms with van der Waals surface area (Å²) in [5.41, 5.74) is 1.93. The number of hydrogen-bond acceptors (Lipinski definition) is 4. The van der Waals surface area contributed by atoms with Crippen molar-refractivity contribution in [1.29, 1.82) is 0 Å². The lowest BCUT2D eigenvalue weighted by atomic mass is 9.95. The van der Waals surface area contributed by atoms with E-state index in [1.54, 1.807) is 40.2 Å². The first kappa shape index (κ1) is 24.9. The summed E-state index contributed by atoms with van der Waals surface area (Å²) in [6, 6.07) is 0. The van der Waals surface area contributed by atoms with Crippen LogP contribution in [0.25, 0.3) is 0 Å². The predicted octanol–water partition coefficient (Wildman–Crippen LogP) is 4.69. The minimum absolute atomic E-state index is 0.0417. The molecule has 0 aromatic carbocycles. The van der Waals surface area contributed by atoms with Crippen molar-refractivity contribution in [2.45, 2.75) is 47.1 Å². The van der Waals surface area contributed by atoms with Crippen LogP contribution in [-0.4, -0.2) is 37.5 Å². The summed E-state index contributed by atoms with van der Waals surface area (Å²) in [5, 5.41) is 0. The fraction of sp³-hybridized carbons (Fsp3) is 0.526. The first-order valence-electron chi connectivity index (χ1n) is 7.59. The van der Waals surface area contributed by atoms with Crippen molar-refractivity contribution in [2.24, 2.45) is 10.9 Å². The zero-order chi connectivity index (χ0) is 19.5. The van der Waals surface area contributed by atoms with Crippen LogP contribution >= 0.6 is 15.9 Å². The number of aliphatic imine (C=N–C) groups is 1. The average Bonchev–Trinajstić information content (AvgIpc) is 2.52. The van der Waals surface area contributed by atoms with Crippen LogP contribution in [0.4, 0.5) is 0 Å². The molecule has 0 fully saturated rings. The molecule has 0 spiro atoms. The van der Waals surface area contributed by atoms with Gasteiger partial charge in [0.25, 0.3) is 0 Å². The van der Waals surface area contributed by atoms with E-state index in [4.69, 9.17) is 4.74 Å². The van der Waals surface area contributed by atoms with Crippen molar-refractivity contribution in [1.82, 2.24) is 0 Å². The van der Waals surface area contributed by atoms with Gasteiger partial charge in [-0.05, 0) is 58.8 Å². The van der Waals surface area contributed by atoms with Crippen molar-refractivity contribution in [3.05, 3.63) is 34.4 Å². The molecule has 0 aromatic rings. The maximum atomic E-state index is 12.0. The SMILES string of the molecule is C=C(C)/C(Br)=C\C=C(/C)C(=O)C(C=O)C(C)=NC.COC(C)(C)C. The summed E-state index contributed by atoms with van der Waals surface area (Å²) in [6.07, 6.45) is 4.04. The largest absolute Gasteiger partial charge is 0.379 e. The Hall–Kier alpha value is -1.33. The lowest BCUT2D eigenvalue weighted by Crippen LogP contribution is -2.24. The van der Waals surface area contributed by atoms with E-state index in [1.807, 2.05) is 27.7 Å². The van der Waals surface area contributed by atoms with Crippen molar-refractivity contribution in [2.75, 3.05) is 14.2 Å². The third-order valence-corrected chi connectivity index (χ3v) is 4.05. The topological polar surface area (TPSA) is 55.7 Å². The minimum atomic E-state index is -0.789. The van der Waals surface area contributed by atoms with Crippen molar-refractivity contribution < 1.29 is 14.3 Å². The number of halogens is 1. The van der Waals surface area contributed by atoms with Crippen LogP contribution in [0.15, 0.2) is 39.4 Å². The van der Waals surface area contributed by atoms with Gasteiger partial charge < -0.3 is 9.53 Å². The Balaban J connectivity index is 0. The molecule has 0 aliphatic rings. The van der Waals surface area contributed by atoms with Crippen LogP contribution in [0.3, 0.4) is 0 Å². The number of carbonyl (C=O) groups is 2. The molecule has 4 nitrogen and oxygen atoms in total. The molecule has 0 radical (unpaired) electrons. The number of carbonyl (C=O) groups excluding carboxylic acids is 2. The molecule has 0 aliphatic carbocycles. The van der Waals surface area contributed by atoms with Gasteiger partial charge in [0.15, 0.2) is 5.78 Å². The highest BCUT2D eigenvalue weighted by atomic mass is 79.9. The smallest absolute Gasteiger partial charge is 0.174 e. The zero-order valence-corrected chi connectivity index (χ0v) is 17.7. The predicted molar refractivity (Wildman–Crippen MR) is 106 cm³/mol. The maximum absolute atomic E-state index is 12.0. The van der Waals surface area contributed by atoms with Gasteiger partial charge in [0.1, 0.15) is 12.2 Å². The van der Waals surface area contributed by atoms with E-state index in [1.165, 1.54) is 0 Å². The number of nitrogens with zero attached hydrogens (tertiary/aromatic N) is 1. The van der Waals surface area contributed by atoms with E-state index in [9.17, 15) is 9.59 Å². The molecule has 0 saturated carbocycles. The standard InChI is InChI=1S/C14H18BrNO2.C5H12O/c1-9(2)13(15)7-6-10(3)14(18)12(8-17)11(4)16-5;1-5(2,3)6-4/h6-8,12H,1H2,2-5H3;1-4H3/b10-6+,13-7+,16-11?;. The van der Waals surface area contributed by atoms with Crippen LogP contribution in [-0.2, 0) is 14.3 Å². The molecular formula is C19H30BrNO3. The van der Waals surface area contributed by atoms with Gasteiger partial charge in [-0.2, -0.15) is 0 Å². The Morgan fingerprint density at radius 1 is 1.21 bits per heavy atom. The first-order valence-corrected chi connectivity index (χ1v) is 8.38. The van der Waals surface area contributed by atoms with E-state index in [-0.39, 0.29) is 11.4 Å². The lowest BCUT2D eigenvalue weighted by Gasteiger charge is -2.14. The zero-order valence-electron chi connectivity index (χ0n) is 16.1. The molecule has 0 saturated heterocycles. The molecule has 5 heteroatoms. The van der Waals surface area contributed by atoms with E-state index in [0.29, 0.717) is 17.6 Å². The molecular weight excluding hydrogens is 370 g/mol. The molecule has 1 unspecified atom stereocenters. The summed E-state index contributed by atoms with van der Waals surface area (Å²) in [7, 11) is 3.27. The van der Waals surface area contributed by atoms with Gasteiger partial charge in [0, 0.05) is 24.4 Å². The number of hydrogen-bond donors (Lipinski definition) is 0. The van der Waals surface area contributed by atoms with Gasteiger partial charge >= 0.3 is 0 Å². The average molecular weight is 400 g/mol. The Kier molecular flexibility index (Phi) is 12.6. The summed E-state index contributed by atoms with van der Waals surface area (Å²) >= 11 is 3.33. The van der Waals surface area contributed by atoms with Gasteiger partial charge in [-0.15, -0.1) is 0 Å². The molecule has 24 heavy (non-hydrogen) atoms. The number of aldehydes is 1. The van der Waals surface area contributed by atoms with Crippen molar-refractivity contribution >= 4 is 33.7 Å². The second-order valence-electron chi connectivity index (χ2n) is 6.30. The highest BCUT2D eigenvalue weighted by Gasteiger charge is 2.21. The Labute approximate surface area is 154 Å². The Bertz CT molecular complexity index is 537. The van der Waals surface area contributed by atoms with Gasteiger partial charge in [-0.25, -0.2) is 0 Å². The number of methoxy groups -OCH3 is 1. The second kappa shape index (κ2) is 12.1. The molecule has 0 rings (SSSR count). The number of rotatable bonds is 6. The summed E-state index contributed by atoms with van der Waals surface area (Å²) < 4.78 is 5.76. The van der Waals surface area contributed by atoms with Gasteiger partial charge in [-0.1, -0.05) is 28.6 Å². The fourth-order valence-electron chi connectivity index (χ4n) is 1.16. The number of ketones is 1. The lowest BCUT2D eigenvalue weighted by molar-refractivity contribution is -0.122. The molecule has 1 atom stereocenters. The van der Waals surface area contributed by atoms with Gasteiger partial charge in [0.2, 0.25) is 0 Å². The van der Waals surface area contributed by atoms with Crippen LogP contribution < -0.4 is 0 Å². The monoisotopic (exact) mass is 399 g/mol. The van der Waals surface area contributed by atoms with Crippen molar-refractivity contribution in [3.63, 3.8) is 0 Å². The second-order valence-corrected chi connectivity index (χ2v) is 7.16. The number of allylic oxidation sites excluding steroid dienone is 5. The Morgan fingerprint density at radius 3 is 1.96 bits per heavy atom. The summed E-state index contributed by atoms with van der Waals surface area (Å²) in [5.74, 6) is -1.02. The molecule has 0 N–H and O–H groups in total. The minimum Gasteiger partial charge on any atom is -0.379 e. The van der Waals surface area contributed by atoms with Crippen LogP contribution in [0.1, 0.15) is 41.5 Å². The molecule has 0 heterocycles. The highest BCUT2D eigenvalue weighted by molar-refractivity contribution is 9.12. The van der Waals surface area contributed by atoms with Crippen LogP contribution in [0.2, 0.25) is 0 Å². The van der Waals surface area contributed by atoms with Gasteiger partial charge in [0.05, 0.1) is 5.60 Å². The quantitative estimate of drug-likeness (QED) is 0.214. The first-order chi connectivity index (χ1) is 10.9.